The third kappa shape index (κ3) is 4.53. The SMILES string of the molecule is C#CCNc1ccc(C(=O)NC[C@H](C)O)cc1OC. The number of hydrogen-bond donors (Lipinski definition) is 3. The summed E-state index contributed by atoms with van der Waals surface area (Å²) in [5.74, 6) is 2.74. The van der Waals surface area contributed by atoms with Gasteiger partial charge in [0.25, 0.3) is 5.91 Å². The summed E-state index contributed by atoms with van der Waals surface area (Å²) in [5.41, 5.74) is 1.19. The van der Waals surface area contributed by atoms with E-state index in [1.807, 2.05) is 0 Å². The van der Waals surface area contributed by atoms with E-state index in [1.54, 1.807) is 25.1 Å². The highest BCUT2D eigenvalue weighted by Gasteiger charge is 2.10. The molecule has 0 aliphatic heterocycles. The maximum absolute atomic E-state index is 11.8. The fourth-order valence-corrected chi connectivity index (χ4v) is 1.47. The van der Waals surface area contributed by atoms with Gasteiger partial charge in [0.15, 0.2) is 0 Å². The molecular weight excluding hydrogens is 244 g/mol. The van der Waals surface area contributed by atoms with Crippen LogP contribution >= 0.6 is 0 Å². The van der Waals surface area contributed by atoms with Crippen LogP contribution in [0.1, 0.15) is 17.3 Å². The Morgan fingerprint density at radius 2 is 2.32 bits per heavy atom. The minimum atomic E-state index is -0.581. The molecule has 0 aliphatic carbocycles. The number of anilines is 1. The molecule has 0 aliphatic rings. The molecule has 1 rings (SSSR count). The number of rotatable bonds is 6. The Morgan fingerprint density at radius 1 is 1.58 bits per heavy atom. The number of methoxy groups -OCH3 is 1. The summed E-state index contributed by atoms with van der Waals surface area (Å²) in [7, 11) is 1.52. The molecule has 1 aromatic carbocycles. The maximum Gasteiger partial charge on any atom is 0.251 e. The summed E-state index contributed by atoms with van der Waals surface area (Å²) in [6, 6.07) is 5.02. The van der Waals surface area contributed by atoms with Crippen molar-refractivity contribution in [3.05, 3.63) is 23.8 Å². The Hall–Kier alpha value is -2.19. The quantitative estimate of drug-likeness (QED) is 0.665. The topological polar surface area (TPSA) is 70.6 Å². The number of benzene rings is 1. The van der Waals surface area contributed by atoms with Gasteiger partial charge in [0.1, 0.15) is 5.75 Å². The molecule has 5 heteroatoms. The van der Waals surface area contributed by atoms with Crippen LogP contribution in [0.25, 0.3) is 0 Å². The van der Waals surface area contributed by atoms with Crippen molar-refractivity contribution in [2.75, 3.05) is 25.5 Å². The lowest BCUT2D eigenvalue weighted by Crippen LogP contribution is -2.30. The Balaban J connectivity index is 2.81. The van der Waals surface area contributed by atoms with Gasteiger partial charge in [-0.2, -0.15) is 0 Å². The largest absolute Gasteiger partial charge is 0.495 e. The zero-order valence-electron chi connectivity index (χ0n) is 11.1. The molecule has 5 nitrogen and oxygen atoms in total. The number of aliphatic hydroxyl groups is 1. The van der Waals surface area contributed by atoms with Crippen LogP contribution in [0.15, 0.2) is 18.2 Å². The lowest BCUT2D eigenvalue weighted by molar-refractivity contribution is 0.0923. The van der Waals surface area contributed by atoms with Crippen LogP contribution in [0.2, 0.25) is 0 Å². The minimum Gasteiger partial charge on any atom is -0.495 e. The minimum absolute atomic E-state index is 0.207. The molecule has 0 saturated carbocycles. The number of amides is 1. The second kappa shape index (κ2) is 7.29. The van der Waals surface area contributed by atoms with Crippen LogP contribution in [-0.4, -0.2) is 37.3 Å². The molecule has 0 radical (unpaired) electrons. The van der Waals surface area contributed by atoms with Crippen molar-refractivity contribution in [1.82, 2.24) is 5.32 Å². The average Bonchev–Trinajstić information content (AvgIpc) is 2.42. The van der Waals surface area contributed by atoms with Crippen LogP contribution in [0.3, 0.4) is 0 Å². The van der Waals surface area contributed by atoms with E-state index in [-0.39, 0.29) is 12.5 Å². The Morgan fingerprint density at radius 3 is 2.89 bits per heavy atom. The first-order chi connectivity index (χ1) is 9.08. The monoisotopic (exact) mass is 262 g/mol. The molecule has 0 spiro atoms. The smallest absolute Gasteiger partial charge is 0.251 e. The van der Waals surface area contributed by atoms with Gasteiger partial charge in [-0.3, -0.25) is 4.79 Å². The van der Waals surface area contributed by atoms with Gasteiger partial charge in [0, 0.05) is 12.1 Å². The van der Waals surface area contributed by atoms with E-state index in [0.717, 1.165) is 5.69 Å². The van der Waals surface area contributed by atoms with E-state index >= 15 is 0 Å². The third-order valence-corrected chi connectivity index (χ3v) is 2.40. The first kappa shape index (κ1) is 14.9. The number of carbonyl (C=O) groups is 1. The van der Waals surface area contributed by atoms with Gasteiger partial charge in [0.2, 0.25) is 0 Å². The Labute approximate surface area is 113 Å². The highest BCUT2D eigenvalue weighted by molar-refractivity contribution is 5.95. The predicted molar refractivity (Wildman–Crippen MR) is 74.3 cm³/mol. The molecule has 0 unspecified atom stereocenters. The predicted octanol–water partition coefficient (Wildman–Crippen LogP) is 0.851. The zero-order chi connectivity index (χ0) is 14.3. The average molecular weight is 262 g/mol. The molecule has 0 saturated heterocycles. The molecule has 0 heterocycles. The first-order valence-corrected chi connectivity index (χ1v) is 5.90. The van der Waals surface area contributed by atoms with Crippen LogP contribution in [0.4, 0.5) is 5.69 Å². The first-order valence-electron chi connectivity index (χ1n) is 5.90. The van der Waals surface area contributed by atoms with Crippen LogP contribution in [0, 0.1) is 12.3 Å². The van der Waals surface area contributed by atoms with E-state index in [0.29, 0.717) is 17.9 Å². The Kier molecular flexibility index (Phi) is 5.71. The number of terminal acetylenes is 1. The number of carbonyl (C=O) groups excluding carboxylic acids is 1. The number of nitrogens with one attached hydrogen (secondary N) is 2. The molecule has 1 amide bonds. The number of hydrogen-bond acceptors (Lipinski definition) is 4. The van der Waals surface area contributed by atoms with Crippen molar-refractivity contribution >= 4 is 11.6 Å². The second-order valence-corrected chi connectivity index (χ2v) is 4.03. The van der Waals surface area contributed by atoms with Crippen LogP contribution in [-0.2, 0) is 0 Å². The van der Waals surface area contributed by atoms with Crippen molar-refractivity contribution in [2.45, 2.75) is 13.0 Å². The van der Waals surface area contributed by atoms with Crippen LogP contribution < -0.4 is 15.4 Å². The van der Waals surface area contributed by atoms with E-state index in [2.05, 4.69) is 16.6 Å². The molecule has 1 aromatic rings. The molecule has 0 fully saturated rings. The highest BCUT2D eigenvalue weighted by Crippen LogP contribution is 2.25. The molecule has 0 bridgehead atoms. The Bertz CT molecular complexity index is 478. The lowest BCUT2D eigenvalue weighted by Gasteiger charge is -2.12. The molecule has 0 aromatic heterocycles. The van der Waals surface area contributed by atoms with Gasteiger partial charge in [-0.15, -0.1) is 6.42 Å². The van der Waals surface area contributed by atoms with Crippen molar-refractivity contribution in [1.29, 1.82) is 0 Å². The zero-order valence-corrected chi connectivity index (χ0v) is 11.1. The lowest BCUT2D eigenvalue weighted by atomic mass is 10.1. The second-order valence-electron chi connectivity index (χ2n) is 4.03. The van der Waals surface area contributed by atoms with Crippen molar-refractivity contribution in [2.24, 2.45) is 0 Å². The van der Waals surface area contributed by atoms with Gasteiger partial charge < -0.3 is 20.5 Å². The molecule has 102 valence electrons. The summed E-state index contributed by atoms with van der Waals surface area (Å²) in [6.45, 7) is 2.19. The summed E-state index contributed by atoms with van der Waals surface area (Å²) in [4.78, 5) is 11.8. The summed E-state index contributed by atoms with van der Waals surface area (Å²) in [6.07, 6.45) is 4.59. The van der Waals surface area contributed by atoms with E-state index < -0.39 is 6.10 Å². The summed E-state index contributed by atoms with van der Waals surface area (Å²) >= 11 is 0. The van der Waals surface area contributed by atoms with Crippen LogP contribution in [0.5, 0.6) is 5.75 Å². The van der Waals surface area contributed by atoms with Gasteiger partial charge in [-0.25, -0.2) is 0 Å². The van der Waals surface area contributed by atoms with Crippen molar-refractivity contribution in [3.63, 3.8) is 0 Å². The van der Waals surface area contributed by atoms with Crippen molar-refractivity contribution < 1.29 is 14.6 Å². The van der Waals surface area contributed by atoms with Gasteiger partial charge >= 0.3 is 0 Å². The molecule has 1 atom stereocenters. The maximum atomic E-state index is 11.8. The summed E-state index contributed by atoms with van der Waals surface area (Å²) in [5, 5.41) is 14.7. The number of aliphatic hydroxyl groups excluding tert-OH is 1. The molecule has 3 N–H and O–H groups in total. The third-order valence-electron chi connectivity index (χ3n) is 2.40. The van der Waals surface area contributed by atoms with E-state index in [1.165, 1.54) is 7.11 Å². The fraction of sp³-hybridized carbons (Fsp3) is 0.357. The van der Waals surface area contributed by atoms with Crippen molar-refractivity contribution in [3.8, 4) is 18.1 Å². The van der Waals surface area contributed by atoms with Gasteiger partial charge in [0.05, 0.1) is 25.4 Å². The van der Waals surface area contributed by atoms with E-state index in [9.17, 15) is 4.79 Å². The molecule has 19 heavy (non-hydrogen) atoms. The fourth-order valence-electron chi connectivity index (χ4n) is 1.47. The van der Waals surface area contributed by atoms with Gasteiger partial charge in [-0.05, 0) is 25.1 Å². The highest BCUT2D eigenvalue weighted by atomic mass is 16.5. The molecular formula is C14H18N2O3. The normalized spacial score (nSPS) is 11.3. The standard InChI is InChI=1S/C14H18N2O3/c1-4-7-15-12-6-5-11(8-13(12)19-3)14(18)16-9-10(2)17/h1,5-6,8,10,15,17H,7,9H2,2-3H3,(H,16,18)/t10-/m0/s1. The van der Waals surface area contributed by atoms with Gasteiger partial charge in [-0.1, -0.05) is 5.92 Å². The number of ether oxygens (including phenoxy) is 1. The summed E-state index contributed by atoms with van der Waals surface area (Å²) < 4.78 is 5.20. The van der Waals surface area contributed by atoms with E-state index in [4.69, 9.17) is 16.3 Å².